The van der Waals surface area contributed by atoms with Crippen LogP contribution in [0.25, 0.3) is 6.08 Å². The number of carbonyl (C=O) groups is 2. The van der Waals surface area contributed by atoms with Gasteiger partial charge in [-0.15, -0.1) is 0 Å². The van der Waals surface area contributed by atoms with Gasteiger partial charge in [-0.3, -0.25) is 20.4 Å². The van der Waals surface area contributed by atoms with E-state index in [1.165, 1.54) is 6.08 Å². The number of nitrogens with one attached hydrogen (secondary N) is 2. The van der Waals surface area contributed by atoms with Crippen LogP contribution in [0.5, 0.6) is 5.75 Å². The van der Waals surface area contributed by atoms with E-state index in [2.05, 4.69) is 10.9 Å². The van der Waals surface area contributed by atoms with Crippen molar-refractivity contribution in [3.8, 4) is 5.75 Å². The Kier molecular flexibility index (Phi) is 7.60. The van der Waals surface area contributed by atoms with Gasteiger partial charge in [0.15, 0.2) is 0 Å². The van der Waals surface area contributed by atoms with Crippen molar-refractivity contribution in [2.24, 2.45) is 0 Å². The molecule has 0 aromatic heterocycles. The maximum absolute atomic E-state index is 11.6. The number of hydrogen-bond acceptors (Lipinski definition) is 4. The van der Waals surface area contributed by atoms with Gasteiger partial charge < -0.3 is 9.47 Å². The summed E-state index contributed by atoms with van der Waals surface area (Å²) in [5.41, 5.74) is 5.38. The van der Waals surface area contributed by atoms with Crippen molar-refractivity contribution < 1.29 is 19.1 Å². The Labute approximate surface area is 124 Å². The molecule has 0 fully saturated rings. The van der Waals surface area contributed by atoms with Gasteiger partial charge in [0.1, 0.15) is 5.75 Å². The van der Waals surface area contributed by atoms with Crippen LogP contribution in [0, 0.1) is 0 Å². The summed E-state index contributed by atoms with van der Waals surface area (Å²) in [6.45, 7) is 2.73. The second-order valence-electron chi connectivity index (χ2n) is 4.06. The molecule has 6 heteroatoms. The number of hydrazine groups is 1. The standard InChI is InChI=1S/C15H20N2O4/c1-3-21-11-10-15(19)17-16-14(18)9-8-12-6-4-5-7-13(12)20-2/h4-9H,3,10-11H2,1-2H3,(H,16,18)(H,17,19)/b9-8+. The van der Waals surface area contributed by atoms with E-state index in [-0.39, 0.29) is 12.3 Å². The molecule has 0 unspecified atom stereocenters. The molecule has 0 aliphatic carbocycles. The second-order valence-corrected chi connectivity index (χ2v) is 4.06. The molecule has 21 heavy (non-hydrogen) atoms. The maximum atomic E-state index is 11.6. The van der Waals surface area contributed by atoms with E-state index in [0.29, 0.717) is 19.0 Å². The molecule has 1 aromatic carbocycles. The average molecular weight is 292 g/mol. The Balaban J connectivity index is 2.39. The molecule has 0 radical (unpaired) electrons. The molecule has 0 aliphatic rings. The zero-order valence-electron chi connectivity index (χ0n) is 12.2. The van der Waals surface area contributed by atoms with Gasteiger partial charge in [0, 0.05) is 18.2 Å². The van der Waals surface area contributed by atoms with E-state index in [4.69, 9.17) is 9.47 Å². The Morgan fingerprint density at radius 3 is 2.71 bits per heavy atom. The Morgan fingerprint density at radius 1 is 1.24 bits per heavy atom. The van der Waals surface area contributed by atoms with Crippen LogP contribution in [0.2, 0.25) is 0 Å². The first kappa shape index (κ1) is 16.7. The highest BCUT2D eigenvalue weighted by molar-refractivity contribution is 5.93. The van der Waals surface area contributed by atoms with Crippen molar-refractivity contribution in [3.63, 3.8) is 0 Å². The predicted molar refractivity (Wildman–Crippen MR) is 79.4 cm³/mol. The lowest BCUT2D eigenvalue weighted by atomic mass is 10.2. The third-order valence-corrected chi connectivity index (χ3v) is 2.56. The van der Waals surface area contributed by atoms with E-state index >= 15 is 0 Å². The number of carbonyl (C=O) groups excluding carboxylic acids is 2. The zero-order chi connectivity index (χ0) is 15.5. The van der Waals surface area contributed by atoms with Crippen molar-refractivity contribution in [1.82, 2.24) is 10.9 Å². The van der Waals surface area contributed by atoms with Gasteiger partial charge in [0.25, 0.3) is 5.91 Å². The summed E-state index contributed by atoms with van der Waals surface area (Å²) in [7, 11) is 1.56. The summed E-state index contributed by atoms with van der Waals surface area (Å²) in [4.78, 5) is 22.9. The van der Waals surface area contributed by atoms with Gasteiger partial charge in [-0.1, -0.05) is 18.2 Å². The Morgan fingerprint density at radius 2 is 2.00 bits per heavy atom. The lowest BCUT2D eigenvalue weighted by Crippen LogP contribution is -2.41. The largest absolute Gasteiger partial charge is 0.496 e. The van der Waals surface area contributed by atoms with Crippen LogP contribution >= 0.6 is 0 Å². The summed E-state index contributed by atoms with van der Waals surface area (Å²) in [6, 6.07) is 7.31. The molecule has 0 bridgehead atoms. The fraction of sp³-hybridized carbons (Fsp3) is 0.333. The normalized spacial score (nSPS) is 10.4. The van der Waals surface area contributed by atoms with Crippen molar-refractivity contribution in [3.05, 3.63) is 35.9 Å². The number of hydrogen-bond donors (Lipinski definition) is 2. The van der Waals surface area contributed by atoms with E-state index in [1.807, 2.05) is 25.1 Å². The summed E-state index contributed by atoms with van der Waals surface area (Å²) >= 11 is 0. The van der Waals surface area contributed by atoms with E-state index < -0.39 is 5.91 Å². The van der Waals surface area contributed by atoms with Crippen LogP contribution in [0.3, 0.4) is 0 Å². The molecule has 0 atom stereocenters. The van der Waals surface area contributed by atoms with Crippen molar-refractivity contribution in [2.75, 3.05) is 20.3 Å². The first-order valence-electron chi connectivity index (χ1n) is 6.65. The van der Waals surface area contributed by atoms with Gasteiger partial charge in [0.2, 0.25) is 5.91 Å². The topological polar surface area (TPSA) is 76.7 Å². The minimum Gasteiger partial charge on any atom is -0.496 e. The molecular formula is C15H20N2O4. The molecule has 2 N–H and O–H groups in total. The van der Waals surface area contributed by atoms with Gasteiger partial charge >= 0.3 is 0 Å². The molecule has 0 spiro atoms. The summed E-state index contributed by atoms with van der Waals surface area (Å²) in [5.74, 6) is -0.0598. The predicted octanol–water partition coefficient (Wildman–Crippen LogP) is 1.28. The van der Waals surface area contributed by atoms with Crippen LogP contribution in [0.1, 0.15) is 18.9 Å². The first-order valence-corrected chi connectivity index (χ1v) is 6.65. The number of methoxy groups -OCH3 is 1. The number of rotatable bonds is 7. The SMILES string of the molecule is CCOCCC(=O)NNC(=O)/C=C/c1ccccc1OC. The van der Waals surface area contributed by atoms with Crippen molar-refractivity contribution in [1.29, 1.82) is 0 Å². The molecule has 1 aromatic rings. The van der Waals surface area contributed by atoms with Crippen LogP contribution in [0.15, 0.2) is 30.3 Å². The van der Waals surface area contributed by atoms with Gasteiger partial charge in [0.05, 0.1) is 20.1 Å². The molecule has 1 rings (SSSR count). The third-order valence-electron chi connectivity index (χ3n) is 2.56. The Bertz CT molecular complexity index is 500. The number of ether oxygens (including phenoxy) is 2. The second kappa shape index (κ2) is 9.55. The smallest absolute Gasteiger partial charge is 0.262 e. The number of benzene rings is 1. The third kappa shape index (κ3) is 6.58. The lowest BCUT2D eigenvalue weighted by Gasteiger charge is -2.06. The zero-order valence-corrected chi connectivity index (χ0v) is 12.2. The fourth-order valence-electron chi connectivity index (χ4n) is 1.51. The van der Waals surface area contributed by atoms with Gasteiger partial charge in [-0.2, -0.15) is 0 Å². The molecule has 0 heterocycles. The number of para-hydroxylation sites is 1. The molecule has 0 saturated carbocycles. The maximum Gasteiger partial charge on any atom is 0.262 e. The van der Waals surface area contributed by atoms with E-state index in [9.17, 15) is 9.59 Å². The van der Waals surface area contributed by atoms with E-state index in [0.717, 1.165) is 5.56 Å². The summed E-state index contributed by atoms with van der Waals surface area (Å²) < 4.78 is 10.2. The molecule has 2 amide bonds. The molecule has 0 saturated heterocycles. The molecule has 6 nitrogen and oxygen atoms in total. The van der Waals surface area contributed by atoms with Crippen LogP contribution in [0.4, 0.5) is 0 Å². The van der Waals surface area contributed by atoms with E-state index in [1.54, 1.807) is 19.3 Å². The van der Waals surface area contributed by atoms with Crippen LogP contribution in [-0.4, -0.2) is 32.1 Å². The monoisotopic (exact) mass is 292 g/mol. The minimum atomic E-state index is -0.425. The summed E-state index contributed by atoms with van der Waals surface area (Å²) in [6.07, 6.45) is 3.13. The van der Waals surface area contributed by atoms with Gasteiger partial charge in [-0.25, -0.2) is 0 Å². The fourth-order valence-corrected chi connectivity index (χ4v) is 1.51. The highest BCUT2D eigenvalue weighted by atomic mass is 16.5. The van der Waals surface area contributed by atoms with Crippen LogP contribution in [-0.2, 0) is 14.3 Å². The molecule has 0 aliphatic heterocycles. The quantitative estimate of drug-likeness (QED) is 0.451. The van der Waals surface area contributed by atoms with Gasteiger partial charge in [-0.05, 0) is 19.1 Å². The van der Waals surface area contributed by atoms with Crippen LogP contribution < -0.4 is 15.6 Å². The number of amides is 2. The van der Waals surface area contributed by atoms with Crippen molar-refractivity contribution in [2.45, 2.75) is 13.3 Å². The minimum absolute atomic E-state index is 0.199. The Hall–Kier alpha value is -2.34. The first-order chi connectivity index (χ1) is 10.2. The van der Waals surface area contributed by atoms with Crippen molar-refractivity contribution >= 4 is 17.9 Å². The average Bonchev–Trinajstić information content (AvgIpc) is 2.51. The molecule has 114 valence electrons. The highest BCUT2D eigenvalue weighted by Gasteiger charge is 2.02. The highest BCUT2D eigenvalue weighted by Crippen LogP contribution is 2.18. The lowest BCUT2D eigenvalue weighted by molar-refractivity contribution is -0.127. The molecular weight excluding hydrogens is 272 g/mol. The summed E-state index contributed by atoms with van der Waals surface area (Å²) in [5, 5.41) is 0.